The quantitative estimate of drug-likeness (QED) is 0.447. The summed E-state index contributed by atoms with van der Waals surface area (Å²) in [4.78, 5) is 13.1. The summed E-state index contributed by atoms with van der Waals surface area (Å²) < 4.78 is 39.6. The highest BCUT2D eigenvalue weighted by Crippen LogP contribution is 2.37. The molecule has 0 saturated heterocycles. The second kappa shape index (κ2) is 10.2. The number of anilines is 1. The van der Waals surface area contributed by atoms with Crippen molar-refractivity contribution in [2.24, 2.45) is 0 Å². The van der Waals surface area contributed by atoms with Crippen LogP contribution in [0.1, 0.15) is 45.9 Å². The molecule has 0 fully saturated rings. The number of ether oxygens (including phenoxy) is 2. The van der Waals surface area contributed by atoms with E-state index in [2.05, 4.69) is 16.1 Å². The molecular formula is C26H27ClN2O5S. The number of hydrogen-bond donors (Lipinski definition) is 2. The van der Waals surface area contributed by atoms with Crippen LogP contribution in [0.2, 0.25) is 5.02 Å². The van der Waals surface area contributed by atoms with Gasteiger partial charge >= 0.3 is 0 Å². The standard InChI is InChI=1S/C26H27ClN2O5S/c1-16-11-12-18(26(30)28-21-10-6-8-17-7-4-5-9-19(17)21)13-25(16)35(31,32)29-22-14-20(27)23(33-2)15-24(22)34-3/h4-5,7,9,11-15,21,29H,6,8,10H2,1-3H3,(H,28,30)/t21-/m0/s1. The summed E-state index contributed by atoms with van der Waals surface area (Å²) in [5.74, 6) is 0.274. The molecule has 0 aliphatic heterocycles. The summed E-state index contributed by atoms with van der Waals surface area (Å²) in [6, 6.07) is 15.5. The third-order valence-corrected chi connectivity index (χ3v) is 7.94. The Bertz CT molecular complexity index is 1370. The fourth-order valence-corrected chi connectivity index (χ4v) is 5.89. The molecule has 0 spiro atoms. The minimum absolute atomic E-state index is 0.0109. The molecule has 1 amide bonds. The third kappa shape index (κ3) is 5.23. The van der Waals surface area contributed by atoms with Gasteiger partial charge in [-0.15, -0.1) is 0 Å². The number of benzene rings is 3. The molecule has 1 aliphatic carbocycles. The fraction of sp³-hybridized carbons (Fsp3) is 0.269. The molecule has 7 nitrogen and oxygen atoms in total. The predicted octanol–water partition coefficient (Wildman–Crippen LogP) is 5.27. The van der Waals surface area contributed by atoms with E-state index in [9.17, 15) is 13.2 Å². The SMILES string of the molecule is COc1cc(OC)c(NS(=O)(=O)c2cc(C(=O)N[C@H]3CCCc4ccccc43)ccc2C)cc1Cl. The summed E-state index contributed by atoms with van der Waals surface area (Å²) in [5, 5.41) is 3.30. The summed E-state index contributed by atoms with van der Waals surface area (Å²) in [6.45, 7) is 1.67. The summed E-state index contributed by atoms with van der Waals surface area (Å²) in [6.07, 6.45) is 2.80. The average Bonchev–Trinajstić information content (AvgIpc) is 2.84. The van der Waals surface area contributed by atoms with Gasteiger partial charge in [0.2, 0.25) is 0 Å². The number of nitrogens with one attached hydrogen (secondary N) is 2. The highest BCUT2D eigenvalue weighted by molar-refractivity contribution is 7.92. The first-order valence-electron chi connectivity index (χ1n) is 11.2. The van der Waals surface area contributed by atoms with Gasteiger partial charge in [-0.05, 0) is 61.1 Å². The average molecular weight is 515 g/mol. The van der Waals surface area contributed by atoms with Gasteiger partial charge < -0.3 is 14.8 Å². The lowest BCUT2D eigenvalue weighted by Crippen LogP contribution is -2.31. The van der Waals surface area contributed by atoms with E-state index in [1.54, 1.807) is 19.1 Å². The van der Waals surface area contributed by atoms with Gasteiger partial charge in [-0.2, -0.15) is 0 Å². The van der Waals surface area contributed by atoms with E-state index in [4.69, 9.17) is 21.1 Å². The van der Waals surface area contributed by atoms with Crippen LogP contribution < -0.4 is 19.5 Å². The molecule has 0 aromatic heterocycles. The lowest BCUT2D eigenvalue weighted by molar-refractivity contribution is 0.0932. The monoisotopic (exact) mass is 514 g/mol. The lowest BCUT2D eigenvalue weighted by atomic mass is 9.87. The van der Waals surface area contributed by atoms with Crippen LogP contribution in [0.4, 0.5) is 5.69 Å². The number of sulfonamides is 1. The third-order valence-electron chi connectivity index (χ3n) is 6.13. The zero-order valence-electron chi connectivity index (χ0n) is 19.7. The van der Waals surface area contributed by atoms with Crippen LogP contribution in [0.25, 0.3) is 0 Å². The van der Waals surface area contributed by atoms with Crippen LogP contribution in [0.5, 0.6) is 11.5 Å². The number of aryl methyl sites for hydroxylation is 2. The smallest absolute Gasteiger partial charge is 0.262 e. The van der Waals surface area contributed by atoms with Crippen molar-refractivity contribution in [3.63, 3.8) is 0 Å². The molecule has 35 heavy (non-hydrogen) atoms. The summed E-state index contributed by atoms with van der Waals surface area (Å²) in [7, 11) is -1.19. The second-order valence-electron chi connectivity index (χ2n) is 8.39. The number of carbonyl (C=O) groups is 1. The topological polar surface area (TPSA) is 93.7 Å². The first-order chi connectivity index (χ1) is 16.7. The Hall–Kier alpha value is -3.23. The van der Waals surface area contributed by atoms with Crippen molar-refractivity contribution in [1.29, 1.82) is 0 Å². The normalized spacial score (nSPS) is 15.1. The predicted molar refractivity (Wildman–Crippen MR) is 136 cm³/mol. The second-order valence-corrected chi connectivity index (χ2v) is 10.4. The molecule has 9 heteroatoms. The highest BCUT2D eigenvalue weighted by Gasteiger charge is 2.25. The zero-order chi connectivity index (χ0) is 25.2. The van der Waals surface area contributed by atoms with E-state index in [0.717, 1.165) is 24.8 Å². The van der Waals surface area contributed by atoms with E-state index in [-0.39, 0.29) is 38.9 Å². The molecular weight excluding hydrogens is 488 g/mol. The highest BCUT2D eigenvalue weighted by atomic mass is 35.5. The van der Waals surface area contributed by atoms with Gasteiger partial charge in [-0.25, -0.2) is 8.42 Å². The zero-order valence-corrected chi connectivity index (χ0v) is 21.3. The van der Waals surface area contributed by atoms with Crippen LogP contribution in [0.15, 0.2) is 59.5 Å². The van der Waals surface area contributed by atoms with Crippen molar-refractivity contribution in [2.75, 3.05) is 18.9 Å². The molecule has 0 bridgehead atoms. The number of fused-ring (bicyclic) bond motifs is 1. The van der Waals surface area contributed by atoms with Gasteiger partial charge in [0.25, 0.3) is 15.9 Å². The van der Waals surface area contributed by atoms with Crippen molar-refractivity contribution in [3.05, 3.63) is 81.9 Å². The van der Waals surface area contributed by atoms with Crippen molar-refractivity contribution in [2.45, 2.75) is 37.1 Å². The van der Waals surface area contributed by atoms with Gasteiger partial charge in [0.05, 0.1) is 35.9 Å². The van der Waals surface area contributed by atoms with E-state index in [1.807, 2.05) is 18.2 Å². The number of methoxy groups -OCH3 is 2. The minimum Gasteiger partial charge on any atom is -0.495 e. The number of amides is 1. The molecule has 0 saturated carbocycles. The maximum Gasteiger partial charge on any atom is 0.262 e. The van der Waals surface area contributed by atoms with Crippen molar-refractivity contribution >= 4 is 33.2 Å². The minimum atomic E-state index is -4.06. The van der Waals surface area contributed by atoms with E-state index < -0.39 is 10.0 Å². The number of carbonyl (C=O) groups excluding carboxylic acids is 1. The number of hydrogen-bond acceptors (Lipinski definition) is 5. The van der Waals surface area contributed by atoms with E-state index >= 15 is 0 Å². The molecule has 3 aromatic rings. The van der Waals surface area contributed by atoms with Crippen LogP contribution in [-0.2, 0) is 16.4 Å². The molecule has 1 atom stereocenters. The van der Waals surface area contributed by atoms with Gasteiger partial charge in [-0.3, -0.25) is 9.52 Å². The number of rotatable bonds is 7. The first-order valence-corrected chi connectivity index (χ1v) is 13.0. The molecule has 0 unspecified atom stereocenters. The van der Waals surface area contributed by atoms with Gasteiger partial charge in [0.1, 0.15) is 11.5 Å². The molecule has 2 N–H and O–H groups in total. The first kappa shape index (κ1) is 24.9. The van der Waals surface area contributed by atoms with Crippen molar-refractivity contribution in [3.8, 4) is 11.5 Å². The van der Waals surface area contributed by atoms with Gasteiger partial charge in [-0.1, -0.05) is 41.9 Å². The Morgan fingerprint density at radius 2 is 1.77 bits per heavy atom. The Labute approximate surface area is 210 Å². The number of halogens is 1. The van der Waals surface area contributed by atoms with Crippen LogP contribution in [0.3, 0.4) is 0 Å². The molecule has 0 radical (unpaired) electrons. The maximum atomic E-state index is 13.3. The van der Waals surface area contributed by atoms with Gasteiger partial charge in [0.15, 0.2) is 0 Å². The summed E-state index contributed by atoms with van der Waals surface area (Å²) in [5.41, 5.74) is 3.26. The lowest BCUT2D eigenvalue weighted by Gasteiger charge is -2.26. The van der Waals surface area contributed by atoms with Gasteiger partial charge in [0, 0.05) is 11.6 Å². The van der Waals surface area contributed by atoms with E-state index in [0.29, 0.717) is 11.3 Å². The summed E-state index contributed by atoms with van der Waals surface area (Å²) >= 11 is 6.19. The Balaban J connectivity index is 1.61. The molecule has 1 aliphatic rings. The molecule has 184 valence electrons. The Kier molecular flexibility index (Phi) is 7.23. The van der Waals surface area contributed by atoms with Crippen LogP contribution >= 0.6 is 11.6 Å². The molecule has 4 rings (SSSR count). The van der Waals surface area contributed by atoms with Crippen LogP contribution in [-0.4, -0.2) is 28.5 Å². The van der Waals surface area contributed by atoms with E-state index in [1.165, 1.54) is 38.0 Å². The molecule has 3 aromatic carbocycles. The Morgan fingerprint density at radius 3 is 2.51 bits per heavy atom. The molecule has 0 heterocycles. The largest absolute Gasteiger partial charge is 0.495 e. The van der Waals surface area contributed by atoms with Crippen molar-refractivity contribution in [1.82, 2.24) is 5.32 Å². The van der Waals surface area contributed by atoms with Crippen LogP contribution in [0, 0.1) is 6.92 Å². The fourth-order valence-electron chi connectivity index (χ4n) is 4.32. The van der Waals surface area contributed by atoms with Crippen molar-refractivity contribution < 1.29 is 22.7 Å². The maximum absolute atomic E-state index is 13.3. The Morgan fingerprint density at radius 1 is 1.03 bits per heavy atom.